The molecule has 4 nitrogen and oxygen atoms in total. The first kappa shape index (κ1) is 17.6. The van der Waals surface area contributed by atoms with Crippen molar-refractivity contribution in [2.75, 3.05) is 11.5 Å². The molecule has 116 valence electrons. The number of hydrogen-bond donors (Lipinski definition) is 2. The van der Waals surface area contributed by atoms with Crippen molar-refractivity contribution in [1.82, 2.24) is 5.32 Å². The second-order valence-corrected chi connectivity index (χ2v) is 6.57. The number of hydrogen-bond acceptors (Lipinski definition) is 3. The van der Waals surface area contributed by atoms with Crippen LogP contribution in [0.25, 0.3) is 0 Å². The van der Waals surface area contributed by atoms with Gasteiger partial charge in [0.2, 0.25) is 11.8 Å². The van der Waals surface area contributed by atoms with E-state index in [9.17, 15) is 9.59 Å². The van der Waals surface area contributed by atoms with Gasteiger partial charge in [-0.05, 0) is 30.4 Å². The molecule has 0 saturated heterocycles. The van der Waals surface area contributed by atoms with Crippen LogP contribution in [0.5, 0.6) is 0 Å². The molecule has 21 heavy (non-hydrogen) atoms. The molecule has 1 rings (SSSR count). The van der Waals surface area contributed by atoms with Gasteiger partial charge < -0.3 is 11.1 Å². The number of nitrogens with two attached hydrogens (primary N) is 1. The molecule has 1 unspecified atom stereocenters. The summed E-state index contributed by atoms with van der Waals surface area (Å²) in [5, 5.41) is 2.92. The lowest BCUT2D eigenvalue weighted by atomic mass is 10.00. The van der Waals surface area contributed by atoms with Crippen LogP contribution in [0.1, 0.15) is 37.9 Å². The Morgan fingerprint density at radius 3 is 2.29 bits per heavy atom. The van der Waals surface area contributed by atoms with Crippen molar-refractivity contribution >= 4 is 23.6 Å². The van der Waals surface area contributed by atoms with Gasteiger partial charge in [0.15, 0.2) is 0 Å². The Bertz CT molecular complexity index is 472. The van der Waals surface area contributed by atoms with Crippen molar-refractivity contribution in [3.8, 4) is 0 Å². The minimum Gasteiger partial charge on any atom is -0.369 e. The van der Waals surface area contributed by atoms with E-state index in [1.165, 1.54) is 17.3 Å². The van der Waals surface area contributed by atoms with Gasteiger partial charge in [-0.15, -0.1) is 11.8 Å². The van der Waals surface area contributed by atoms with Crippen LogP contribution in [-0.4, -0.2) is 23.3 Å². The van der Waals surface area contributed by atoms with Gasteiger partial charge in [0.1, 0.15) is 0 Å². The Balaban J connectivity index is 2.45. The van der Waals surface area contributed by atoms with Crippen molar-refractivity contribution in [1.29, 1.82) is 0 Å². The SMILES string of the molecule is CC(C)Cc1ccc(C(C)NC(=O)CSCC(N)=O)cc1. The van der Waals surface area contributed by atoms with E-state index in [0.717, 1.165) is 12.0 Å². The average Bonchev–Trinajstić information content (AvgIpc) is 2.38. The van der Waals surface area contributed by atoms with Crippen LogP contribution >= 0.6 is 11.8 Å². The topological polar surface area (TPSA) is 72.2 Å². The van der Waals surface area contributed by atoms with Gasteiger partial charge in [0.05, 0.1) is 17.5 Å². The molecule has 1 atom stereocenters. The van der Waals surface area contributed by atoms with Gasteiger partial charge in [0, 0.05) is 0 Å². The molecule has 2 amide bonds. The number of amides is 2. The smallest absolute Gasteiger partial charge is 0.230 e. The van der Waals surface area contributed by atoms with Crippen LogP contribution in [0.15, 0.2) is 24.3 Å². The first-order valence-corrected chi connectivity index (χ1v) is 8.28. The maximum Gasteiger partial charge on any atom is 0.230 e. The van der Waals surface area contributed by atoms with Crippen LogP contribution < -0.4 is 11.1 Å². The third kappa shape index (κ3) is 7.18. The maximum atomic E-state index is 11.7. The van der Waals surface area contributed by atoms with Crippen molar-refractivity contribution in [2.24, 2.45) is 11.7 Å². The van der Waals surface area contributed by atoms with Crippen LogP contribution in [0.4, 0.5) is 0 Å². The molecule has 0 spiro atoms. The monoisotopic (exact) mass is 308 g/mol. The van der Waals surface area contributed by atoms with E-state index in [-0.39, 0.29) is 23.5 Å². The molecule has 1 aromatic rings. The fourth-order valence-corrected chi connectivity index (χ4v) is 2.60. The summed E-state index contributed by atoms with van der Waals surface area (Å²) in [5.41, 5.74) is 7.42. The van der Waals surface area contributed by atoms with Crippen molar-refractivity contribution in [3.63, 3.8) is 0 Å². The molecule has 0 fully saturated rings. The van der Waals surface area contributed by atoms with E-state index in [0.29, 0.717) is 5.92 Å². The number of rotatable bonds is 8. The number of carbonyl (C=O) groups excluding carboxylic acids is 2. The number of primary amides is 1. The van der Waals surface area contributed by atoms with E-state index in [4.69, 9.17) is 5.73 Å². The van der Waals surface area contributed by atoms with Crippen molar-refractivity contribution in [3.05, 3.63) is 35.4 Å². The van der Waals surface area contributed by atoms with E-state index < -0.39 is 5.91 Å². The molecule has 1 aromatic carbocycles. The highest BCUT2D eigenvalue weighted by Gasteiger charge is 2.10. The third-order valence-corrected chi connectivity index (χ3v) is 3.93. The highest BCUT2D eigenvalue weighted by Crippen LogP contribution is 2.15. The average molecular weight is 308 g/mol. The zero-order chi connectivity index (χ0) is 15.8. The highest BCUT2D eigenvalue weighted by atomic mass is 32.2. The zero-order valence-electron chi connectivity index (χ0n) is 12.9. The minimum atomic E-state index is -0.401. The molecule has 0 aliphatic carbocycles. The van der Waals surface area contributed by atoms with E-state index >= 15 is 0 Å². The first-order chi connectivity index (χ1) is 9.88. The van der Waals surface area contributed by atoms with Gasteiger partial charge in [-0.25, -0.2) is 0 Å². The Morgan fingerprint density at radius 2 is 1.76 bits per heavy atom. The van der Waals surface area contributed by atoms with Gasteiger partial charge in [-0.1, -0.05) is 38.1 Å². The lowest BCUT2D eigenvalue weighted by Gasteiger charge is -2.15. The van der Waals surface area contributed by atoms with Crippen LogP contribution in [-0.2, 0) is 16.0 Å². The molecular weight excluding hydrogens is 284 g/mol. The summed E-state index contributed by atoms with van der Waals surface area (Å²) in [7, 11) is 0. The molecule has 5 heteroatoms. The second-order valence-electron chi connectivity index (χ2n) is 5.59. The highest BCUT2D eigenvalue weighted by molar-refractivity contribution is 8.00. The largest absolute Gasteiger partial charge is 0.369 e. The van der Waals surface area contributed by atoms with Crippen LogP contribution in [0.2, 0.25) is 0 Å². The lowest BCUT2D eigenvalue weighted by Crippen LogP contribution is -2.28. The predicted molar refractivity (Wildman–Crippen MR) is 88.1 cm³/mol. The number of carbonyl (C=O) groups is 2. The van der Waals surface area contributed by atoms with Crippen molar-refractivity contribution < 1.29 is 9.59 Å². The van der Waals surface area contributed by atoms with Crippen LogP contribution in [0, 0.1) is 5.92 Å². The first-order valence-electron chi connectivity index (χ1n) is 7.12. The summed E-state index contributed by atoms with van der Waals surface area (Å²) < 4.78 is 0. The summed E-state index contributed by atoms with van der Waals surface area (Å²) in [6, 6.07) is 8.29. The van der Waals surface area contributed by atoms with Gasteiger partial charge in [-0.3, -0.25) is 9.59 Å². The molecule has 0 radical (unpaired) electrons. The quantitative estimate of drug-likeness (QED) is 0.774. The fraction of sp³-hybridized carbons (Fsp3) is 0.500. The maximum absolute atomic E-state index is 11.7. The molecular formula is C16H24N2O2S. The molecule has 0 aromatic heterocycles. The van der Waals surface area contributed by atoms with E-state index in [1.807, 2.05) is 6.92 Å². The minimum absolute atomic E-state index is 0.0419. The number of thioether (sulfide) groups is 1. The van der Waals surface area contributed by atoms with Crippen LogP contribution in [0.3, 0.4) is 0 Å². The Morgan fingerprint density at radius 1 is 1.14 bits per heavy atom. The second kappa shape index (κ2) is 8.72. The summed E-state index contributed by atoms with van der Waals surface area (Å²) in [6.45, 7) is 6.34. The molecule has 0 aliphatic heterocycles. The van der Waals surface area contributed by atoms with Gasteiger partial charge in [0.25, 0.3) is 0 Å². The van der Waals surface area contributed by atoms with E-state index in [2.05, 4.69) is 43.4 Å². The third-order valence-electron chi connectivity index (χ3n) is 2.98. The molecule has 0 aliphatic rings. The fourth-order valence-electron chi connectivity index (χ4n) is 2.02. The number of benzene rings is 1. The summed E-state index contributed by atoms with van der Waals surface area (Å²) in [5.74, 6) is 0.571. The molecule has 3 N–H and O–H groups in total. The van der Waals surface area contributed by atoms with Gasteiger partial charge in [-0.2, -0.15) is 0 Å². The Kier molecular flexibility index (Phi) is 7.29. The number of nitrogens with one attached hydrogen (secondary N) is 1. The lowest BCUT2D eigenvalue weighted by molar-refractivity contribution is -0.119. The molecule has 0 saturated carbocycles. The Labute approximate surface area is 130 Å². The standard InChI is InChI=1S/C16H24N2O2S/c1-11(2)8-13-4-6-14(7-5-13)12(3)18-16(20)10-21-9-15(17)19/h4-7,11-12H,8-10H2,1-3H3,(H2,17,19)(H,18,20). The molecule has 0 heterocycles. The summed E-state index contributed by atoms with van der Waals surface area (Å²) in [6.07, 6.45) is 1.06. The molecule has 0 bridgehead atoms. The summed E-state index contributed by atoms with van der Waals surface area (Å²) >= 11 is 1.23. The Hall–Kier alpha value is -1.49. The van der Waals surface area contributed by atoms with E-state index in [1.54, 1.807) is 0 Å². The normalized spacial score (nSPS) is 12.2. The summed E-state index contributed by atoms with van der Waals surface area (Å²) in [4.78, 5) is 22.3. The predicted octanol–water partition coefficient (Wildman–Crippen LogP) is 2.28. The van der Waals surface area contributed by atoms with Gasteiger partial charge >= 0.3 is 0 Å². The van der Waals surface area contributed by atoms with Crippen molar-refractivity contribution in [2.45, 2.75) is 33.2 Å². The zero-order valence-corrected chi connectivity index (χ0v) is 13.7.